The maximum absolute atomic E-state index is 13.5. The van der Waals surface area contributed by atoms with Crippen LogP contribution in [0.15, 0.2) is 47.5 Å². The Balaban J connectivity index is 0.00000280. The molecule has 152 valence electrons. The lowest BCUT2D eigenvalue weighted by Crippen LogP contribution is -2.52. The summed E-state index contributed by atoms with van der Waals surface area (Å²) in [6, 6.07) is 12.4. The van der Waals surface area contributed by atoms with Gasteiger partial charge >= 0.3 is 0 Å². The van der Waals surface area contributed by atoms with Gasteiger partial charge in [0.25, 0.3) is 0 Å². The van der Waals surface area contributed by atoms with Gasteiger partial charge in [-0.25, -0.2) is 4.39 Å². The molecular formula is C20H26FIN4O2. The molecule has 1 fully saturated rings. The summed E-state index contributed by atoms with van der Waals surface area (Å²) in [6.07, 6.45) is 0. The number of hydrogen-bond acceptors (Lipinski definition) is 4. The molecule has 2 aromatic carbocycles. The number of rotatable bonds is 4. The minimum Gasteiger partial charge on any atom is -0.505 e. The van der Waals surface area contributed by atoms with Gasteiger partial charge in [-0.2, -0.15) is 0 Å². The lowest BCUT2D eigenvalue weighted by atomic mass is 10.2. The maximum atomic E-state index is 13.5. The van der Waals surface area contributed by atoms with E-state index >= 15 is 0 Å². The molecule has 3 rings (SSSR count). The van der Waals surface area contributed by atoms with Crippen molar-refractivity contribution in [2.45, 2.75) is 6.54 Å². The van der Waals surface area contributed by atoms with Crippen LogP contribution >= 0.6 is 24.0 Å². The number of aliphatic imine (C=N–C) groups is 1. The number of methoxy groups -OCH3 is 1. The zero-order chi connectivity index (χ0) is 19.2. The van der Waals surface area contributed by atoms with Crippen LogP contribution in [-0.2, 0) is 6.54 Å². The summed E-state index contributed by atoms with van der Waals surface area (Å²) in [6.45, 7) is 3.80. The highest BCUT2D eigenvalue weighted by molar-refractivity contribution is 14.0. The molecule has 0 radical (unpaired) electrons. The van der Waals surface area contributed by atoms with E-state index in [-0.39, 0.29) is 29.7 Å². The fourth-order valence-corrected chi connectivity index (χ4v) is 3.22. The Bertz CT molecular complexity index is 811. The number of guanidine groups is 1. The van der Waals surface area contributed by atoms with Gasteiger partial charge in [0.1, 0.15) is 5.75 Å². The van der Waals surface area contributed by atoms with E-state index in [0.717, 1.165) is 49.1 Å². The molecule has 8 heteroatoms. The number of hydrogen-bond donors (Lipinski definition) is 2. The molecule has 2 aromatic rings. The molecule has 0 atom stereocenters. The second-order valence-corrected chi connectivity index (χ2v) is 6.33. The molecule has 2 N–H and O–H groups in total. The number of aromatic hydroxyl groups is 1. The zero-order valence-electron chi connectivity index (χ0n) is 16.1. The number of nitrogens with zero attached hydrogens (tertiary/aromatic N) is 3. The van der Waals surface area contributed by atoms with Crippen molar-refractivity contribution in [1.29, 1.82) is 0 Å². The molecule has 0 bridgehead atoms. The lowest BCUT2D eigenvalue weighted by Gasteiger charge is -2.38. The van der Waals surface area contributed by atoms with E-state index in [4.69, 9.17) is 4.74 Å². The first-order chi connectivity index (χ1) is 13.1. The van der Waals surface area contributed by atoms with E-state index in [1.165, 1.54) is 12.1 Å². The van der Waals surface area contributed by atoms with Gasteiger partial charge in [0, 0.05) is 39.8 Å². The fourth-order valence-electron chi connectivity index (χ4n) is 3.22. The molecule has 1 saturated heterocycles. The van der Waals surface area contributed by atoms with E-state index < -0.39 is 5.82 Å². The van der Waals surface area contributed by atoms with Gasteiger partial charge < -0.3 is 25.0 Å². The number of benzene rings is 2. The summed E-state index contributed by atoms with van der Waals surface area (Å²) in [7, 11) is 3.43. The number of para-hydroxylation sites is 2. The van der Waals surface area contributed by atoms with Crippen molar-refractivity contribution in [2.24, 2.45) is 4.99 Å². The Morgan fingerprint density at radius 2 is 1.89 bits per heavy atom. The average molecular weight is 500 g/mol. The zero-order valence-corrected chi connectivity index (χ0v) is 18.4. The largest absolute Gasteiger partial charge is 0.505 e. The van der Waals surface area contributed by atoms with Crippen LogP contribution in [0.1, 0.15) is 5.56 Å². The van der Waals surface area contributed by atoms with Gasteiger partial charge in [-0.05, 0) is 29.8 Å². The first-order valence-electron chi connectivity index (χ1n) is 8.93. The number of halogens is 2. The Morgan fingerprint density at radius 1 is 1.18 bits per heavy atom. The summed E-state index contributed by atoms with van der Waals surface area (Å²) in [5.74, 6) is 0.705. The summed E-state index contributed by atoms with van der Waals surface area (Å²) in [4.78, 5) is 8.83. The molecule has 6 nitrogen and oxygen atoms in total. The second kappa shape index (κ2) is 10.4. The molecule has 0 saturated carbocycles. The Hall–Kier alpha value is -2.23. The van der Waals surface area contributed by atoms with E-state index in [1.807, 2.05) is 18.2 Å². The third-order valence-electron chi connectivity index (χ3n) is 4.68. The normalized spacial score (nSPS) is 14.5. The highest BCUT2D eigenvalue weighted by Crippen LogP contribution is 2.28. The first kappa shape index (κ1) is 22.1. The van der Waals surface area contributed by atoms with Crippen LogP contribution in [-0.4, -0.2) is 56.3 Å². The molecular weight excluding hydrogens is 474 g/mol. The monoisotopic (exact) mass is 500 g/mol. The van der Waals surface area contributed by atoms with Gasteiger partial charge in [-0.3, -0.25) is 4.99 Å². The standard InChI is InChI=1S/C20H25FN4O2.HI/c1-22-20(23-14-15-7-8-18(26)16(21)13-15)25-11-9-24(10-12-25)17-5-3-4-6-19(17)27-2;/h3-8,13,26H,9-12,14H2,1-2H3,(H,22,23);1H. The summed E-state index contributed by atoms with van der Waals surface area (Å²) in [5, 5.41) is 12.6. The molecule has 0 amide bonds. The molecule has 1 heterocycles. The smallest absolute Gasteiger partial charge is 0.194 e. The highest BCUT2D eigenvalue weighted by atomic mass is 127. The van der Waals surface area contributed by atoms with Crippen molar-refractivity contribution in [3.8, 4) is 11.5 Å². The molecule has 1 aliphatic heterocycles. The minimum atomic E-state index is -0.616. The number of nitrogens with one attached hydrogen (secondary N) is 1. The SMILES string of the molecule is CN=C(NCc1ccc(O)c(F)c1)N1CCN(c2ccccc2OC)CC1.I. The number of piperazine rings is 1. The van der Waals surface area contributed by atoms with E-state index in [1.54, 1.807) is 20.2 Å². The van der Waals surface area contributed by atoms with Crippen molar-refractivity contribution < 1.29 is 14.2 Å². The fraction of sp³-hybridized carbons (Fsp3) is 0.350. The van der Waals surface area contributed by atoms with Gasteiger partial charge in [0.2, 0.25) is 0 Å². The van der Waals surface area contributed by atoms with Gasteiger partial charge in [-0.15, -0.1) is 24.0 Å². The van der Waals surface area contributed by atoms with E-state index in [9.17, 15) is 9.50 Å². The number of anilines is 1. The van der Waals surface area contributed by atoms with Crippen LogP contribution in [0.2, 0.25) is 0 Å². The molecule has 1 aliphatic rings. The third kappa shape index (κ3) is 5.18. The van der Waals surface area contributed by atoms with E-state index in [0.29, 0.717) is 6.54 Å². The third-order valence-corrected chi connectivity index (χ3v) is 4.68. The number of phenols is 1. The van der Waals surface area contributed by atoms with Crippen molar-refractivity contribution in [1.82, 2.24) is 10.2 Å². The van der Waals surface area contributed by atoms with Crippen LogP contribution in [0, 0.1) is 5.82 Å². The van der Waals surface area contributed by atoms with Gasteiger partial charge in [0.15, 0.2) is 17.5 Å². The summed E-state index contributed by atoms with van der Waals surface area (Å²) in [5.41, 5.74) is 1.85. The molecule has 0 spiro atoms. The molecule has 28 heavy (non-hydrogen) atoms. The summed E-state index contributed by atoms with van der Waals surface area (Å²) >= 11 is 0. The maximum Gasteiger partial charge on any atom is 0.194 e. The number of phenolic OH excluding ortho intramolecular Hbond substituents is 1. The molecule has 0 unspecified atom stereocenters. The first-order valence-corrected chi connectivity index (χ1v) is 8.93. The van der Waals surface area contributed by atoms with Crippen LogP contribution in [0.25, 0.3) is 0 Å². The van der Waals surface area contributed by atoms with Gasteiger partial charge in [0.05, 0.1) is 12.8 Å². The van der Waals surface area contributed by atoms with Crippen molar-refractivity contribution in [2.75, 3.05) is 45.2 Å². The van der Waals surface area contributed by atoms with Gasteiger partial charge in [-0.1, -0.05) is 18.2 Å². The Kier molecular flexibility index (Phi) is 8.16. The minimum absolute atomic E-state index is 0. The Labute approximate surface area is 182 Å². The van der Waals surface area contributed by atoms with E-state index in [2.05, 4.69) is 26.2 Å². The lowest BCUT2D eigenvalue weighted by molar-refractivity contribution is 0.367. The van der Waals surface area contributed by atoms with Crippen molar-refractivity contribution >= 4 is 35.6 Å². The molecule has 0 aromatic heterocycles. The predicted octanol–water partition coefficient (Wildman–Crippen LogP) is 3.06. The highest BCUT2D eigenvalue weighted by Gasteiger charge is 2.21. The summed E-state index contributed by atoms with van der Waals surface area (Å²) < 4.78 is 18.9. The number of ether oxygens (including phenoxy) is 1. The van der Waals surface area contributed by atoms with Crippen LogP contribution in [0.5, 0.6) is 11.5 Å². The van der Waals surface area contributed by atoms with Crippen molar-refractivity contribution in [3.63, 3.8) is 0 Å². The van der Waals surface area contributed by atoms with Crippen LogP contribution in [0.4, 0.5) is 10.1 Å². The quantitative estimate of drug-likeness (QED) is 0.384. The molecule has 0 aliphatic carbocycles. The predicted molar refractivity (Wildman–Crippen MR) is 120 cm³/mol. The van der Waals surface area contributed by atoms with Crippen molar-refractivity contribution in [3.05, 3.63) is 53.8 Å². The van der Waals surface area contributed by atoms with Crippen LogP contribution < -0.4 is 15.0 Å². The average Bonchev–Trinajstić information content (AvgIpc) is 2.71. The van der Waals surface area contributed by atoms with Crippen LogP contribution in [0.3, 0.4) is 0 Å². The Morgan fingerprint density at radius 3 is 2.54 bits per heavy atom. The topological polar surface area (TPSA) is 60.3 Å². The second-order valence-electron chi connectivity index (χ2n) is 6.33.